The second kappa shape index (κ2) is 6.49. The highest BCUT2D eigenvalue weighted by Crippen LogP contribution is 2.56. The van der Waals surface area contributed by atoms with Gasteiger partial charge in [0.15, 0.2) is 11.5 Å². The molecule has 0 aliphatic heterocycles. The maximum atomic E-state index is 13.1. The third-order valence-electron chi connectivity index (χ3n) is 6.51. The standard InChI is InChI=1S/C20H25NO5/c1-25-16-9-14(20(23)24)8-15(18(16)26-2)21-19(22)17-12-4-10-3-11(6-12)7-13(17)5-10/h8-13,17H,3-7H2,1-2H3,(H,21,22)(H,23,24). The Kier molecular flexibility index (Phi) is 4.29. The van der Waals surface area contributed by atoms with E-state index in [9.17, 15) is 14.7 Å². The number of carboxylic acid groups (broad SMARTS) is 1. The molecule has 6 nitrogen and oxygen atoms in total. The monoisotopic (exact) mass is 359 g/mol. The van der Waals surface area contributed by atoms with E-state index in [0.717, 1.165) is 37.5 Å². The summed E-state index contributed by atoms with van der Waals surface area (Å²) in [5, 5.41) is 12.3. The predicted octanol–water partition coefficient (Wildman–Crippen LogP) is 3.41. The zero-order valence-corrected chi connectivity index (χ0v) is 15.2. The van der Waals surface area contributed by atoms with Crippen LogP contribution in [0.2, 0.25) is 0 Å². The maximum absolute atomic E-state index is 13.1. The van der Waals surface area contributed by atoms with Crippen LogP contribution in [0.3, 0.4) is 0 Å². The van der Waals surface area contributed by atoms with Gasteiger partial charge in [-0.2, -0.15) is 0 Å². The Morgan fingerprint density at radius 2 is 1.62 bits per heavy atom. The minimum absolute atomic E-state index is 0.0123. The Morgan fingerprint density at radius 3 is 2.12 bits per heavy atom. The van der Waals surface area contributed by atoms with Gasteiger partial charge in [0.1, 0.15) is 0 Å². The summed E-state index contributed by atoms with van der Waals surface area (Å²) in [5.41, 5.74) is 0.422. The van der Waals surface area contributed by atoms with Crippen LogP contribution in [0, 0.1) is 29.6 Å². The molecule has 0 radical (unpaired) electrons. The lowest BCUT2D eigenvalue weighted by Gasteiger charge is -2.53. The van der Waals surface area contributed by atoms with Crippen LogP contribution in [0.1, 0.15) is 42.5 Å². The molecule has 1 aromatic rings. The SMILES string of the molecule is COc1cc(C(=O)O)cc(NC(=O)C2C3CC4CC(C3)CC2C4)c1OC. The number of carbonyl (C=O) groups excluding carboxylic acids is 1. The van der Waals surface area contributed by atoms with Gasteiger partial charge in [0, 0.05) is 5.92 Å². The van der Waals surface area contributed by atoms with Crippen molar-refractivity contribution in [1.29, 1.82) is 0 Å². The number of hydrogen-bond acceptors (Lipinski definition) is 4. The first kappa shape index (κ1) is 17.2. The van der Waals surface area contributed by atoms with Crippen molar-refractivity contribution in [2.75, 3.05) is 19.5 Å². The Bertz CT molecular complexity index is 716. The van der Waals surface area contributed by atoms with Crippen LogP contribution < -0.4 is 14.8 Å². The lowest BCUT2D eigenvalue weighted by Crippen LogP contribution is -2.49. The molecule has 4 fully saturated rings. The molecule has 0 spiro atoms. The second-order valence-corrected chi connectivity index (χ2v) is 8.01. The largest absolute Gasteiger partial charge is 0.493 e. The first-order chi connectivity index (χ1) is 12.5. The summed E-state index contributed by atoms with van der Waals surface area (Å²) in [6.07, 6.45) is 5.95. The molecular weight excluding hydrogens is 334 g/mol. The van der Waals surface area contributed by atoms with Crippen LogP contribution in [-0.4, -0.2) is 31.2 Å². The van der Waals surface area contributed by atoms with Gasteiger partial charge in [0.05, 0.1) is 25.5 Å². The fraction of sp³-hybridized carbons (Fsp3) is 0.600. The normalized spacial score (nSPS) is 31.5. The number of benzene rings is 1. The van der Waals surface area contributed by atoms with E-state index < -0.39 is 5.97 Å². The summed E-state index contributed by atoms with van der Waals surface area (Å²) in [4.78, 5) is 24.5. The van der Waals surface area contributed by atoms with Crippen molar-refractivity contribution in [1.82, 2.24) is 0 Å². The summed E-state index contributed by atoms with van der Waals surface area (Å²) >= 11 is 0. The van der Waals surface area contributed by atoms with E-state index in [1.54, 1.807) is 0 Å². The third-order valence-corrected chi connectivity index (χ3v) is 6.51. The summed E-state index contributed by atoms with van der Waals surface area (Å²) < 4.78 is 10.6. The van der Waals surface area contributed by atoms with Gasteiger partial charge in [-0.25, -0.2) is 4.79 Å². The van der Waals surface area contributed by atoms with E-state index in [1.165, 1.54) is 32.8 Å². The van der Waals surface area contributed by atoms with Crippen LogP contribution in [0.25, 0.3) is 0 Å². The molecule has 5 rings (SSSR count). The average molecular weight is 359 g/mol. The predicted molar refractivity (Wildman–Crippen MR) is 95.7 cm³/mol. The molecule has 1 amide bonds. The van der Waals surface area contributed by atoms with E-state index in [-0.39, 0.29) is 17.4 Å². The van der Waals surface area contributed by atoms with Crippen molar-refractivity contribution in [2.24, 2.45) is 29.6 Å². The molecule has 1 aromatic carbocycles. The van der Waals surface area contributed by atoms with Gasteiger partial charge in [-0.05, 0) is 67.9 Å². The average Bonchev–Trinajstić information content (AvgIpc) is 2.59. The minimum atomic E-state index is -1.07. The molecule has 4 aliphatic rings. The van der Waals surface area contributed by atoms with Crippen LogP contribution in [-0.2, 0) is 4.79 Å². The molecule has 4 bridgehead atoms. The van der Waals surface area contributed by atoms with Crippen molar-refractivity contribution < 1.29 is 24.2 Å². The van der Waals surface area contributed by atoms with Gasteiger partial charge >= 0.3 is 5.97 Å². The molecule has 0 unspecified atom stereocenters. The third kappa shape index (κ3) is 2.81. The van der Waals surface area contributed by atoms with Crippen LogP contribution in [0.15, 0.2) is 12.1 Å². The number of aromatic carboxylic acids is 1. The van der Waals surface area contributed by atoms with Crippen LogP contribution in [0.4, 0.5) is 5.69 Å². The number of methoxy groups -OCH3 is 2. The lowest BCUT2D eigenvalue weighted by atomic mass is 9.51. The minimum Gasteiger partial charge on any atom is -0.493 e. The van der Waals surface area contributed by atoms with Gasteiger partial charge in [-0.3, -0.25) is 4.79 Å². The molecule has 26 heavy (non-hydrogen) atoms. The molecule has 6 heteroatoms. The van der Waals surface area contributed by atoms with Gasteiger partial charge in [0.2, 0.25) is 5.91 Å². The van der Waals surface area contributed by atoms with Gasteiger partial charge in [-0.1, -0.05) is 0 Å². The van der Waals surface area contributed by atoms with E-state index >= 15 is 0 Å². The van der Waals surface area contributed by atoms with E-state index in [1.807, 2.05) is 0 Å². The number of carbonyl (C=O) groups is 2. The fourth-order valence-electron chi connectivity index (χ4n) is 5.75. The number of amides is 1. The van der Waals surface area contributed by atoms with Gasteiger partial charge in [-0.15, -0.1) is 0 Å². The molecule has 0 saturated heterocycles. The highest BCUT2D eigenvalue weighted by atomic mass is 16.5. The van der Waals surface area contributed by atoms with Gasteiger partial charge < -0.3 is 19.9 Å². The molecular formula is C20H25NO5. The Balaban J connectivity index is 1.61. The summed E-state index contributed by atoms with van der Waals surface area (Å²) in [5.74, 6) is 2.11. The smallest absolute Gasteiger partial charge is 0.335 e. The number of ether oxygens (including phenoxy) is 2. The van der Waals surface area contributed by atoms with E-state index in [2.05, 4.69) is 5.32 Å². The number of nitrogens with one attached hydrogen (secondary N) is 1. The molecule has 2 N–H and O–H groups in total. The lowest BCUT2D eigenvalue weighted by molar-refractivity contribution is -0.132. The molecule has 0 heterocycles. The summed E-state index contributed by atoms with van der Waals surface area (Å²) in [6, 6.07) is 2.84. The molecule has 0 aromatic heterocycles. The molecule has 0 atom stereocenters. The molecule has 4 saturated carbocycles. The summed E-state index contributed by atoms with van der Waals surface area (Å²) in [7, 11) is 2.93. The number of rotatable bonds is 5. The van der Waals surface area contributed by atoms with E-state index in [0.29, 0.717) is 29.0 Å². The van der Waals surface area contributed by atoms with Gasteiger partial charge in [0.25, 0.3) is 0 Å². The zero-order chi connectivity index (χ0) is 18.4. The molecule has 4 aliphatic carbocycles. The Labute approximate surface area is 152 Å². The first-order valence-electron chi connectivity index (χ1n) is 9.30. The number of carboxylic acids is 1. The zero-order valence-electron chi connectivity index (χ0n) is 15.2. The first-order valence-corrected chi connectivity index (χ1v) is 9.30. The number of anilines is 1. The quantitative estimate of drug-likeness (QED) is 0.841. The highest BCUT2D eigenvalue weighted by molar-refractivity contribution is 5.98. The van der Waals surface area contributed by atoms with Crippen LogP contribution >= 0.6 is 0 Å². The van der Waals surface area contributed by atoms with Crippen molar-refractivity contribution >= 4 is 17.6 Å². The number of hydrogen-bond donors (Lipinski definition) is 2. The van der Waals surface area contributed by atoms with E-state index in [4.69, 9.17) is 9.47 Å². The highest BCUT2D eigenvalue weighted by Gasteiger charge is 2.50. The Hall–Kier alpha value is -2.24. The van der Waals surface area contributed by atoms with Crippen molar-refractivity contribution in [3.8, 4) is 11.5 Å². The topological polar surface area (TPSA) is 84.9 Å². The van der Waals surface area contributed by atoms with Crippen LogP contribution in [0.5, 0.6) is 11.5 Å². The van der Waals surface area contributed by atoms with Crippen molar-refractivity contribution in [2.45, 2.75) is 32.1 Å². The second-order valence-electron chi connectivity index (χ2n) is 8.01. The van der Waals surface area contributed by atoms with Crippen molar-refractivity contribution in [3.05, 3.63) is 17.7 Å². The maximum Gasteiger partial charge on any atom is 0.335 e. The molecule has 140 valence electrons. The Morgan fingerprint density at radius 1 is 1.00 bits per heavy atom. The fourth-order valence-corrected chi connectivity index (χ4v) is 5.75. The summed E-state index contributed by atoms with van der Waals surface area (Å²) in [6.45, 7) is 0. The van der Waals surface area contributed by atoms with Crippen molar-refractivity contribution in [3.63, 3.8) is 0 Å².